The van der Waals surface area contributed by atoms with E-state index in [9.17, 15) is 22.8 Å². The molecule has 0 spiro atoms. The monoisotopic (exact) mass is 444 g/mol. The molecular formula is C22H19F3N4O3. The van der Waals surface area contributed by atoms with Crippen LogP contribution in [-0.4, -0.2) is 41.3 Å². The fourth-order valence-electron chi connectivity index (χ4n) is 3.34. The van der Waals surface area contributed by atoms with Crippen molar-refractivity contribution in [3.8, 4) is 11.4 Å². The zero-order valence-corrected chi connectivity index (χ0v) is 16.8. The van der Waals surface area contributed by atoms with Gasteiger partial charge in [0.25, 0.3) is 11.8 Å². The number of ether oxygens (including phenoxy) is 1. The third-order valence-corrected chi connectivity index (χ3v) is 4.90. The van der Waals surface area contributed by atoms with E-state index in [1.165, 1.54) is 0 Å². The van der Waals surface area contributed by atoms with Gasteiger partial charge in [-0.25, -0.2) is 4.68 Å². The molecule has 0 saturated heterocycles. The molecule has 0 fully saturated rings. The van der Waals surface area contributed by atoms with E-state index in [1.54, 1.807) is 48.5 Å². The summed E-state index contributed by atoms with van der Waals surface area (Å²) in [4.78, 5) is 24.7. The summed E-state index contributed by atoms with van der Waals surface area (Å²) in [6.07, 6.45) is -3.03. The van der Waals surface area contributed by atoms with Gasteiger partial charge in [0.05, 0.1) is 17.9 Å². The van der Waals surface area contributed by atoms with Crippen molar-refractivity contribution in [2.75, 3.05) is 19.7 Å². The van der Waals surface area contributed by atoms with Crippen molar-refractivity contribution in [1.82, 2.24) is 20.4 Å². The number of nitrogens with zero attached hydrogens (tertiary/aromatic N) is 2. The van der Waals surface area contributed by atoms with Gasteiger partial charge in [-0.15, -0.1) is 0 Å². The number of fused-ring (bicyclic) bond motifs is 1. The van der Waals surface area contributed by atoms with Gasteiger partial charge < -0.3 is 15.4 Å². The van der Waals surface area contributed by atoms with Gasteiger partial charge in [0.2, 0.25) is 0 Å². The number of hydrogen-bond acceptors (Lipinski definition) is 4. The van der Waals surface area contributed by atoms with E-state index >= 15 is 0 Å². The minimum absolute atomic E-state index is 0.0479. The molecular weight excluding hydrogens is 425 g/mol. The molecule has 0 radical (unpaired) electrons. The number of alkyl halides is 3. The SMILES string of the molecule is O=C(NCCNC(=O)c1cn(-c2ccccc2)nc1C(F)(F)F)c1ccc2c(c1)CCO2. The number of halogens is 3. The third-order valence-electron chi connectivity index (χ3n) is 4.90. The van der Waals surface area contributed by atoms with E-state index < -0.39 is 23.3 Å². The van der Waals surface area contributed by atoms with Crippen LogP contribution in [0, 0.1) is 0 Å². The van der Waals surface area contributed by atoms with Crippen molar-refractivity contribution in [2.24, 2.45) is 0 Å². The number of carbonyl (C=O) groups excluding carboxylic acids is 2. The van der Waals surface area contributed by atoms with Crippen molar-refractivity contribution in [1.29, 1.82) is 0 Å². The summed E-state index contributed by atoms with van der Waals surface area (Å²) < 4.78 is 46.6. The second-order valence-corrected chi connectivity index (χ2v) is 7.10. The molecule has 0 aliphatic carbocycles. The highest BCUT2D eigenvalue weighted by molar-refractivity contribution is 5.96. The van der Waals surface area contributed by atoms with Gasteiger partial charge in [-0.05, 0) is 35.9 Å². The van der Waals surface area contributed by atoms with Gasteiger partial charge in [-0.1, -0.05) is 18.2 Å². The Bertz CT molecular complexity index is 1140. The lowest BCUT2D eigenvalue weighted by molar-refractivity contribution is -0.141. The molecule has 1 aliphatic rings. The molecule has 1 aliphatic heterocycles. The molecule has 0 atom stereocenters. The van der Waals surface area contributed by atoms with Crippen molar-refractivity contribution in [3.63, 3.8) is 0 Å². The van der Waals surface area contributed by atoms with E-state index in [-0.39, 0.29) is 19.0 Å². The van der Waals surface area contributed by atoms with Crippen molar-refractivity contribution >= 4 is 11.8 Å². The number of benzene rings is 2. The van der Waals surface area contributed by atoms with Crippen molar-refractivity contribution in [2.45, 2.75) is 12.6 Å². The molecule has 2 amide bonds. The first-order valence-corrected chi connectivity index (χ1v) is 9.87. The van der Waals surface area contributed by atoms with Crippen LogP contribution in [0.2, 0.25) is 0 Å². The minimum Gasteiger partial charge on any atom is -0.493 e. The van der Waals surface area contributed by atoms with Crippen LogP contribution in [0.3, 0.4) is 0 Å². The molecule has 7 nitrogen and oxygen atoms in total. The van der Waals surface area contributed by atoms with Gasteiger partial charge in [-0.3, -0.25) is 9.59 Å². The number of hydrogen-bond donors (Lipinski definition) is 2. The fourth-order valence-corrected chi connectivity index (χ4v) is 3.34. The molecule has 10 heteroatoms. The first-order chi connectivity index (χ1) is 15.3. The molecule has 0 bridgehead atoms. The summed E-state index contributed by atoms with van der Waals surface area (Å²) in [5.74, 6) is -0.518. The van der Waals surface area contributed by atoms with Crippen LogP contribution < -0.4 is 15.4 Å². The lowest BCUT2D eigenvalue weighted by Gasteiger charge is -2.09. The average molecular weight is 444 g/mol. The maximum atomic E-state index is 13.4. The van der Waals surface area contributed by atoms with Crippen LogP contribution in [0.15, 0.2) is 54.7 Å². The Morgan fingerprint density at radius 3 is 2.47 bits per heavy atom. The Kier molecular flexibility index (Phi) is 5.85. The van der Waals surface area contributed by atoms with E-state index in [0.717, 1.165) is 28.6 Å². The molecule has 0 saturated carbocycles. The Morgan fingerprint density at radius 1 is 1.03 bits per heavy atom. The first kappa shape index (κ1) is 21.4. The second kappa shape index (κ2) is 8.74. The van der Waals surface area contributed by atoms with E-state index in [0.29, 0.717) is 17.9 Å². The highest BCUT2D eigenvalue weighted by Crippen LogP contribution is 2.31. The topological polar surface area (TPSA) is 85.3 Å². The van der Waals surface area contributed by atoms with Gasteiger partial charge in [0.15, 0.2) is 5.69 Å². The highest BCUT2D eigenvalue weighted by Gasteiger charge is 2.39. The molecule has 2 heterocycles. The summed E-state index contributed by atoms with van der Waals surface area (Å²) in [5, 5.41) is 8.58. The van der Waals surface area contributed by atoms with Gasteiger partial charge in [-0.2, -0.15) is 18.3 Å². The van der Waals surface area contributed by atoms with E-state index in [1.807, 2.05) is 0 Å². The molecule has 166 valence electrons. The largest absolute Gasteiger partial charge is 0.493 e. The first-order valence-electron chi connectivity index (χ1n) is 9.87. The lowest BCUT2D eigenvalue weighted by Crippen LogP contribution is -2.35. The van der Waals surface area contributed by atoms with Gasteiger partial charge in [0, 0.05) is 31.3 Å². The summed E-state index contributed by atoms with van der Waals surface area (Å²) in [7, 11) is 0. The van der Waals surface area contributed by atoms with Gasteiger partial charge in [0.1, 0.15) is 5.75 Å². The number of nitrogens with one attached hydrogen (secondary N) is 2. The zero-order valence-electron chi connectivity index (χ0n) is 16.8. The number of carbonyl (C=O) groups is 2. The quantitative estimate of drug-likeness (QED) is 0.573. The average Bonchev–Trinajstić information content (AvgIpc) is 3.43. The Morgan fingerprint density at radius 2 is 1.75 bits per heavy atom. The van der Waals surface area contributed by atoms with Crippen LogP contribution in [0.5, 0.6) is 5.75 Å². The molecule has 4 rings (SSSR count). The Balaban J connectivity index is 1.37. The number of aromatic nitrogens is 2. The zero-order chi connectivity index (χ0) is 22.7. The minimum atomic E-state index is -4.79. The Labute approximate surface area is 181 Å². The number of rotatable bonds is 6. The molecule has 1 aromatic heterocycles. The van der Waals surface area contributed by atoms with Crippen LogP contribution in [0.4, 0.5) is 13.2 Å². The molecule has 2 aromatic carbocycles. The van der Waals surface area contributed by atoms with Crippen molar-refractivity contribution in [3.05, 3.63) is 77.1 Å². The van der Waals surface area contributed by atoms with E-state index in [4.69, 9.17) is 4.74 Å². The molecule has 0 unspecified atom stereocenters. The van der Waals surface area contributed by atoms with Crippen molar-refractivity contribution < 1.29 is 27.5 Å². The second-order valence-electron chi connectivity index (χ2n) is 7.10. The summed E-state index contributed by atoms with van der Waals surface area (Å²) >= 11 is 0. The summed E-state index contributed by atoms with van der Waals surface area (Å²) in [6, 6.07) is 13.3. The summed E-state index contributed by atoms with van der Waals surface area (Å²) in [6.45, 7) is 0.575. The van der Waals surface area contributed by atoms with Crippen LogP contribution >= 0.6 is 0 Å². The Hall–Kier alpha value is -3.82. The maximum Gasteiger partial charge on any atom is 0.435 e. The predicted octanol–water partition coefficient (Wildman–Crippen LogP) is 2.99. The maximum absolute atomic E-state index is 13.4. The van der Waals surface area contributed by atoms with Crippen LogP contribution in [0.25, 0.3) is 5.69 Å². The molecule has 3 aromatic rings. The fraction of sp³-hybridized carbons (Fsp3) is 0.227. The third kappa shape index (κ3) is 4.58. The predicted molar refractivity (Wildman–Crippen MR) is 109 cm³/mol. The van der Waals surface area contributed by atoms with Crippen LogP contribution in [0.1, 0.15) is 32.0 Å². The smallest absolute Gasteiger partial charge is 0.435 e. The summed E-state index contributed by atoms with van der Waals surface area (Å²) in [5.41, 5.74) is -0.0799. The van der Waals surface area contributed by atoms with E-state index in [2.05, 4.69) is 15.7 Å². The standard InChI is InChI=1S/C22H19F3N4O3/c23-22(24,25)19-17(13-29(28-19)16-4-2-1-3-5-16)21(31)27-10-9-26-20(30)15-6-7-18-14(12-15)8-11-32-18/h1-7,12-13H,8-11H2,(H,26,30)(H,27,31). The number of amides is 2. The lowest BCUT2D eigenvalue weighted by atomic mass is 10.1. The van der Waals surface area contributed by atoms with Crippen LogP contribution in [-0.2, 0) is 12.6 Å². The van der Waals surface area contributed by atoms with Gasteiger partial charge >= 0.3 is 6.18 Å². The highest BCUT2D eigenvalue weighted by atomic mass is 19.4. The number of para-hydroxylation sites is 1. The normalized spacial score (nSPS) is 12.7. The molecule has 2 N–H and O–H groups in total. The molecule has 32 heavy (non-hydrogen) atoms.